The molecule has 1 heterocycles. The van der Waals surface area contributed by atoms with Crippen molar-refractivity contribution in [2.75, 3.05) is 0 Å². The molecule has 0 atom stereocenters. The van der Waals surface area contributed by atoms with E-state index in [1.54, 1.807) is 24.0 Å². The van der Waals surface area contributed by atoms with E-state index in [1.807, 2.05) is 0 Å². The van der Waals surface area contributed by atoms with Crippen LogP contribution in [-0.4, -0.2) is 23.9 Å². The number of hydrogen-bond acceptors (Lipinski definition) is 4. The summed E-state index contributed by atoms with van der Waals surface area (Å²) in [7, 11) is -1.87. The Morgan fingerprint density at radius 2 is 2.05 bits per heavy atom. The molecule has 0 fully saturated rings. The minimum absolute atomic E-state index is 0.0741. The average molecular weight is 340 g/mol. The molecule has 116 valence electrons. The topological polar surface area (TPSA) is 81.1 Å². The highest BCUT2D eigenvalue weighted by Gasteiger charge is 2.11. The SMILES string of the molecule is Cn1ccnc1CNC(=O)/C=C/S(=O)(=O)c1ccc(Cl)cc1. The summed E-state index contributed by atoms with van der Waals surface area (Å²) in [5.41, 5.74) is 0. The van der Waals surface area contributed by atoms with Gasteiger partial charge in [0.25, 0.3) is 0 Å². The van der Waals surface area contributed by atoms with Gasteiger partial charge in [0.15, 0.2) is 9.84 Å². The minimum atomic E-state index is -3.67. The van der Waals surface area contributed by atoms with Crippen molar-refractivity contribution >= 4 is 27.3 Å². The van der Waals surface area contributed by atoms with Gasteiger partial charge in [0.1, 0.15) is 5.82 Å². The number of sulfone groups is 1. The van der Waals surface area contributed by atoms with Crippen LogP contribution in [-0.2, 0) is 28.2 Å². The maximum atomic E-state index is 12.0. The van der Waals surface area contributed by atoms with E-state index in [0.717, 1.165) is 11.5 Å². The summed E-state index contributed by atoms with van der Waals surface area (Å²) in [5, 5.41) is 3.87. The van der Waals surface area contributed by atoms with Crippen LogP contribution in [0, 0.1) is 0 Å². The number of nitrogens with one attached hydrogen (secondary N) is 1. The smallest absolute Gasteiger partial charge is 0.245 e. The standard InChI is InChI=1S/C14H14ClN3O3S/c1-18-8-7-16-13(18)10-17-14(19)6-9-22(20,21)12-4-2-11(15)3-5-12/h2-9H,10H2,1H3,(H,17,19)/b9-6+. The number of benzene rings is 1. The third kappa shape index (κ3) is 4.19. The van der Waals surface area contributed by atoms with Crippen LogP contribution in [0.5, 0.6) is 0 Å². The number of rotatable bonds is 5. The van der Waals surface area contributed by atoms with E-state index in [1.165, 1.54) is 24.3 Å². The molecule has 0 aliphatic rings. The minimum Gasteiger partial charge on any atom is -0.345 e. The monoisotopic (exact) mass is 339 g/mol. The van der Waals surface area contributed by atoms with Crippen molar-refractivity contribution < 1.29 is 13.2 Å². The molecule has 8 heteroatoms. The number of aryl methyl sites for hydroxylation is 1. The zero-order valence-corrected chi connectivity index (χ0v) is 13.3. The molecule has 0 spiro atoms. The highest BCUT2D eigenvalue weighted by molar-refractivity contribution is 7.94. The van der Waals surface area contributed by atoms with Crippen LogP contribution in [0.4, 0.5) is 0 Å². The molecule has 0 aliphatic heterocycles. The van der Waals surface area contributed by atoms with E-state index in [-0.39, 0.29) is 11.4 Å². The molecule has 0 saturated carbocycles. The molecule has 6 nitrogen and oxygen atoms in total. The van der Waals surface area contributed by atoms with E-state index in [0.29, 0.717) is 10.8 Å². The number of nitrogens with zero attached hydrogens (tertiary/aromatic N) is 2. The Bertz CT molecular complexity index is 795. The Kier molecular flexibility index (Phi) is 4.99. The Morgan fingerprint density at radius 3 is 2.64 bits per heavy atom. The molecule has 0 bridgehead atoms. The van der Waals surface area contributed by atoms with Crippen molar-refractivity contribution in [1.29, 1.82) is 0 Å². The fourth-order valence-electron chi connectivity index (χ4n) is 1.65. The van der Waals surface area contributed by atoms with Crippen LogP contribution in [0.25, 0.3) is 0 Å². The maximum Gasteiger partial charge on any atom is 0.245 e. The molecule has 22 heavy (non-hydrogen) atoms. The predicted octanol–water partition coefficient (Wildman–Crippen LogP) is 1.68. The molecule has 0 saturated heterocycles. The number of halogens is 1. The largest absolute Gasteiger partial charge is 0.345 e. The zero-order chi connectivity index (χ0) is 16.2. The third-order valence-electron chi connectivity index (χ3n) is 2.88. The van der Waals surface area contributed by atoms with Gasteiger partial charge in [-0.2, -0.15) is 0 Å². The number of imidazole rings is 1. The van der Waals surface area contributed by atoms with Crippen molar-refractivity contribution in [3.05, 3.63) is 59.0 Å². The summed E-state index contributed by atoms with van der Waals surface area (Å²) in [6.45, 7) is 0.216. The Morgan fingerprint density at radius 1 is 1.36 bits per heavy atom. The van der Waals surface area contributed by atoms with Crippen LogP contribution < -0.4 is 5.32 Å². The average Bonchev–Trinajstić information content (AvgIpc) is 2.89. The first-order valence-corrected chi connectivity index (χ1v) is 8.24. The summed E-state index contributed by atoms with van der Waals surface area (Å²) in [6, 6.07) is 5.72. The second-order valence-electron chi connectivity index (χ2n) is 4.47. The molecule has 1 N–H and O–H groups in total. The third-order valence-corrected chi connectivity index (χ3v) is 4.56. The van der Waals surface area contributed by atoms with Gasteiger partial charge >= 0.3 is 0 Å². The Balaban J connectivity index is 1.99. The number of aromatic nitrogens is 2. The molecule has 0 aliphatic carbocycles. The van der Waals surface area contributed by atoms with Gasteiger partial charge in [-0.25, -0.2) is 13.4 Å². The van der Waals surface area contributed by atoms with Gasteiger partial charge in [-0.1, -0.05) is 11.6 Å². The van der Waals surface area contributed by atoms with Crippen molar-refractivity contribution in [1.82, 2.24) is 14.9 Å². The molecule has 1 aromatic carbocycles. The summed E-state index contributed by atoms with van der Waals surface area (Å²) in [5.74, 6) is 0.155. The van der Waals surface area contributed by atoms with Crippen molar-refractivity contribution in [3.8, 4) is 0 Å². The first kappa shape index (κ1) is 16.3. The lowest BCUT2D eigenvalue weighted by molar-refractivity contribution is -0.116. The molecule has 2 aromatic rings. The number of hydrogen-bond donors (Lipinski definition) is 1. The highest BCUT2D eigenvalue weighted by Crippen LogP contribution is 2.16. The van der Waals surface area contributed by atoms with Crippen LogP contribution in [0.1, 0.15) is 5.82 Å². The number of carbonyl (C=O) groups excluding carboxylic acids is 1. The molecule has 2 rings (SSSR count). The second-order valence-corrected chi connectivity index (χ2v) is 6.74. The lowest BCUT2D eigenvalue weighted by atomic mass is 10.4. The van der Waals surface area contributed by atoms with Crippen molar-refractivity contribution in [2.45, 2.75) is 11.4 Å². The number of amides is 1. The highest BCUT2D eigenvalue weighted by atomic mass is 35.5. The van der Waals surface area contributed by atoms with Gasteiger partial charge in [-0.15, -0.1) is 0 Å². The quantitative estimate of drug-likeness (QED) is 0.840. The Hall–Kier alpha value is -2.12. The van der Waals surface area contributed by atoms with Crippen LogP contribution >= 0.6 is 11.6 Å². The molecule has 1 aromatic heterocycles. The van der Waals surface area contributed by atoms with Crippen LogP contribution in [0.2, 0.25) is 5.02 Å². The molecule has 0 unspecified atom stereocenters. The van der Waals surface area contributed by atoms with E-state index >= 15 is 0 Å². The molecule has 0 radical (unpaired) electrons. The van der Waals surface area contributed by atoms with Crippen molar-refractivity contribution in [2.24, 2.45) is 7.05 Å². The van der Waals surface area contributed by atoms with Gasteiger partial charge < -0.3 is 9.88 Å². The zero-order valence-electron chi connectivity index (χ0n) is 11.7. The first-order chi connectivity index (χ1) is 10.4. The van der Waals surface area contributed by atoms with E-state index in [9.17, 15) is 13.2 Å². The van der Waals surface area contributed by atoms with E-state index < -0.39 is 15.7 Å². The normalized spacial score (nSPS) is 11.7. The summed E-state index contributed by atoms with van der Waals surface area (Å²) in [4.78, 5) is 15.8. The summed E-state index contributed by atoms with van der Waals surface area (Å²) >= 11 is 5.71. The second kappa shape index (κ2) is 6.76. The first-order valence-electron chi connectivity index (χ1n) is 6.31. The van der Waals surface area contributed by atoms with E-state index in [2.05, 4.69) is 10.3 Å². The lowest BCUT2D eigenvalue weighted by Gasteiger charge is -2.02. The lowest BCUT2D eigenvalue weighted by Crippen LogP contribution is -2.22. The molecular weight excluding hydrogens is 326 g/mol. The summed E-state index contributed by atoms with van der Waals surface area (Å²) in [6.07, 6.45) is 4.34. The van der Waals surface area contributed by atoms with Gasteiger partial charge in [-0.3, -0.25) is 4.79 Å². The van der Waals surface area contributed by atoms with Gasteiger partial charge in [0.2, 0.25) is 5.91 Å². The van der Waals surface area contributed by atoms with E-state index in [4.69, 9.17) is 11.6 Å². The van der Waals surface area contributed by atoms with Gasteiger partial charge in [0.05, 0.1) is 11.4 Å². The van der Waals surface area contributed by atoms with Crippen molar-refractivity contribution in [3.63, 3.8) is 0 Å². The van der Waals surface area contributed by atoms with Gasteiger partial charge in [-0.05, 0) is 24.3 Å². The number of carbonyl (C=O) groups is 1. The molecular formula is C14H14ClN3O3S. The molecule has 1 amide bonds. The summed E-state index contributed by atoms with van der Waals surface area (Å²) < 4.78 is 25.8. The fraction of sp³-hybridized carbons (Fsp3) is 0.143. The van der Waals surface area contributed by atoms with Crippen LogP contribution in [0.3, 0.4) is 0 Å². The van der Waals surface area contributed by atoms with Crippen LogP contribution in [0.15, 0.2) is 53.0 Å². The maximum absolute atomic E-state index is 12.0. The Labute approximate surface area is 133 Å². The predicted molar refractivity (Wildman–Crippen MR) is 82.8 cm³/mol. The fourth-order valence-corrected chi connectivity index (χ4v) is 2.75. The van der Waals surface area contributed by atoms with Gasteiger partial charge in [0, 0.05) is 35.9 Å².